The van der Waals surface area contributed by atoms with Crippen LogP contribution in [-0.4, -0.2) is 29.2 Å². The third kappa shape index (κ3) is 2.56. The van der Waals surface area contributed by atoms with Gasteiger partial charge < -0.3 is 10.6 Å². The van der Waals surface area contributed by atoms with Gasteiger partial charge in [-0.1, -0.05) is 13.3 Å². The quantitative estimate of drug-likeness (QED) is 0.763. The van der Waals surface area contributed by atoms with E-state index in [0.717, 1.165) is 50.2 Å². The summed E-state index contributed by atoms with van der Waals surface area (Å²) in [5.74, 6) is 0.868. The molecule has 2 heterocycles. The predicted molar refractivity (Wildman–Crippen MR) is 71.4 cm³/mol. The zero-order valence-corrected chi connectivity index (χ0v) is 11.2. The van der Waals surface area contributed by atoms with Crippen LogP contribution < -0.4 is 10.6 Å². The summed E-state index contributed by atoms with van der Waals surface area (Å²) in [7, 11) is 0. The summed E-state index contributed by atoms with van der Waals surface area (Å²) < 4.78 is 0. The summed E-state index contributed by atoms with van der Waals surface area (Å²) in [6.45, 7) is 5.93. The third-order valence-corrected chi connectivity index (χ3v) is 3.84. The van der Waals surface area contributed by atoms with Gasteiger partial charge in [-0.05, 0) is 39.3 Å². The molecule has 1 aliphatic rings. The van der Waals surface area contributed by atoms with Crippen molar-refractivity contribution >= 4 is 11.7 Å². The standard InChI is InChI=1S/C13H22N4O/c1-3-4-13(5-7-14-8-6-13)12(18)16-11-10(2)9-15-17-11/h9,14H,3-8H2,1-2H3,(H2,15,16,17,18). The first-order valence-corrected chi connectivity index (χ1v) is 6.70. The minimum atomic E-state index is -0.211. The molecule has 1 aromatic rings. The molecule has 0 atom stereocenters. The molecule has 3 N–H and O–H groups in total. The van der Waals surface area contributed by atoms with Gasteiger partial charge in [0.1, 0.15) is 5.82 Å². The highest BCUT2D eigenvalue weighted by atomic mass is 16.2. The lowest BCUT2D eigenvalue weighted by molar-refractivity contribution is -0.127. The number of hydrogen-bond donors (Lipinski definition) is 3. The smallest absolute Gasteiger partial charge is 0.231 e. The molecule has 0 aliphatic carbocycles. The van der Waals surface area contributed by atoms with Gasteiger partial charge in [0.15, 0.2) is 0 Å². The highest BCUT2D eigenvalue weighted by molar-refractivity contribution is 5.95. The van der Waals surface area contributed by atoms with Crippen LogP contribution in [-0.2, 0) is 4.79 Å². The van der Waals surface area contributed by atoms with Gasteiger partial charge in [0, 0.05) is 5.56 Å². The summed E-state index contributed by atoms with van der Waals surface area (Å²) in [6, 6.07) is 0. The van der Waals surface area contributed by atoms with E-state index in [4.69, 9.17) is 0 Å². The molecule has 100 valence electrons. The molecule has 2 rings (SSSR count). The Labute approximate surface area is 108 Å². The van der Waals surface area contributed by atoms with Crippen molar-refractivity contribution in [3.8, 4) is 0 Å². The summed E-state index contributed by atoms with van der Waals surface area (Å²) in [4.78, 5) is 12.5. The van der Waals surface area contributed by atoms with Gasteiger partial charge in [-0.2, -0.15) is 5.10 Å². The summed E-state index contributed by atoms with van der Waals surface area (Å²) in [5.41, 5.74) is 0.765. The Balaban J connectivity index is 2.11. The third-order valence-electron chi connectivity index (χ3n) is 3.84. The highest BCUT2D eigenvalue weighted by Crippen LogP contribution is 2.35. The van der Waals surface area contributed by atoms with Crippen LogP contribution >= 0.6 is 0 Å². The average molecular weight is 250 g/mol. The van der Waals surface area contributed by atoms with Gasteiger partial charge in [-0.3, -0.25) is 9.89 Å². The number of aryl methyl sites for hydroxylation is 1. The second-order valence-corrected chi connectivity index (χ2v) is 5.16. The van der Waals surface area contributed by atoms with E-state index in [1.54, 1.807) is 6.20 Å². The van der Waals surface area contributed by atoms with Crippen molar-refractivity contribution < 1.29 is 4.79 Å². The van der Waals surface area contributed by atoms with E-state index in [2.05, 4.69) is 27.8 Å². The molecular weight excluding hydrogens is 228 g/mol. The number of piperidine rings is 1. The molecule has 5 heteroatoms. The van der Waals surface area contributed by atoms with E-state index in [1.165, 1.54) is 0 Å². The van der Waals surface area contributed by atoms with E-state index in [1.807, 2.05) is 6.92 Å². The fourth-order valence-corrected chi connectivity index (χ4v) is 2.69. The van der Waals surface area contributed by atoms with Gasteiger partial charge in [-0.25, -0.2) is 0 Å². The predicted octanol–water partition coefficient (Wildman–Crippen LogP) is 1.83. The van der Waals surface area contributed by atoms with Gasteiger partial charge in [0.25, 0.3) is 0 Å². The topological polar surface area (TPSA) is 69.8 Å². The van der Waals surface area contributed by atoms with E-state index in [9.17, 15) is 4.79 Å². The number of hydrogen-bond acceptors (Lipinski definition) is 3. The number of aromatic amines is 1. The molecule has 1 aromatic heterocycles. The summed E-state index contributed by atoms with van der Waals surface area (Å²) >= 11 is 0. The molecular formula is C13H22N4O. The van der Waals surface area contributed by atoms with Gasteiger partial charge in [-0.15, -0.1) is 0 Å². The number of nitrogens with one attached hydrogen (secondary N) is 3. The molecule has 1 aliphatic heterocycles. The molecule has 0 spiro atoms. The summed E-state index contributed by atoms with van der Waals surface area (Å²) in [6.07, 6.45) is 5.55. The second kappa shape index (κ2) is 5.52. The molecule has 18 heavy (non-hydrogen) atoms. The average Bonchev–Trinajstić information content (AvgIpc) is 2.76. The molecule has 1 amide bonds. The van der Waals surface area contributed by atoms with Crippen molar-refractivity contribution in [1.29, 1.82) is 0 Å². The number of rotatable bonds is 4. The molecule has 0 unspecified atom stereocenters. The van der Waals surface area contributed by atoms with Gasteiger partial charge >= 0.3 is 0 Å². The first kappa shape index (κ1) is 13.1. The first-order chi connectivity index (χ1) is 8.68. The molecule has 0 radical (unpaired) electrons. The van der Waals surface area contributed by atoms with Crippen molar-refractivity contribution in [3.05, 3.63) is 11.8 Å². The highest BCUT2D eigenvalue weighted by Gasteiger charge is 2.38. The van der Waals surface area contributed by atoms with Crippen LogP contribution in [0.2, 0.25) is 0 Å². The number of anilines is 1. The SMILES string of the molecule is CCCC1(C(=O)Nc2[nH]ncc2C)CCNCC1. The van der Waals surface area contributed by atoms with Crippen LogP contribution in [0.3, 0.4) is 0 Å². The lowest BCUT2D eigenvalue weighted by Gasteiger charge is -2.36. The lowest BCUT2D eigenvalue weighted by atomic mass is 9.74. The lowest BCUT2D eigenvalue weighted by Crippen LogP contribution is -2.45. The largest absolute Gasteiger partial charge is 0.317 e. The van der Waals surface area contributed by atoms with E-state index >= 15 is 0 Å². The van der Waals surface area contributed by atoms with Crippen LogP contribution in [0.25, 0.3) is 0 Å². The monoisotopic (exact) mass is 250 g/mol. The van der Waals surface area contributed by atoms with Crippen LogP contribution in [0.4, 0.5) is 5.82 Å². The second-order valence-electron chi connectivity index (χ2n) is 5.16. The number of nitrogens with zero attached hydrogens (tertiary/aromatic N) is 1. The number of carbonyl (C=O) groups excluding carboxylic acids is 1. The van der Waals surface area contributed by atoms with E-state index in [-0.39, 0.29) is 11.3 Å². The fourth-order valence-electron chi connectivity index (χ4n) is 2.69. The maximum absolute atomic E-state index is 12.5. The minimum Gasteiger partial charge on any atom is -0.317 e. The number of amides is 1. The van der Waals surface area contributed by atoms with Crippen molar-refractivity contribution in [2.75, 3.05) is 18.4 Å². The Hall–Kier alpha value is -1.36. The molecule has 0 saturated carbocycles. The van der Waals surface area contributed by atoms with E-state index < -0.39 is 0 Å². The maximum Gasteiger partial charge on any atom is 0.231 e. The Morgan fingerprint density at radius 1 is 1.50 bits per heavy atom. The van der Waals surface area contributed by atoms with Crippen molar-refractivity contribution in [2.45, 2.75) is 39.5 Å². The molecule has 1 saturated heterocycles. The normalized spacial score (nSPS) is 18.6. The minimum absolute atomic E-state index is 0.137. The molecule has 5 nitrogen and oxygen atoms in total. The Morgan fingerprint density at radius 2 is 2.22 bits per heavy atom. The van der Waals surface area contributed by atoms with Crippen LogP contribution in [0.15, 0.2) is 6.20 Å². The molecule has 1 fully saturated rings. The van der Waals surface area contributed by atoms with Gasteiger partial charge in [0.2, 0.25) is 5.91 Å². The Morgan fingerprint density at radius 3 is 2.78 bits per heavy atom. The zero-order chi connectivity index (χ0) is 13.0. The van der Waals surface area contributed by atoms with Crippen molar-refractivity contribution in [2.24, 2.45) is 5.41 Å². The number of carbonyl (C=O) groups is 1. The number of H-pyrrole nitrogens is 1. The van der Waals surface area contributed by atoms with Gasteiger partial charge in [0.05, 0.1) is 11.6 Å². The van der Waals surface area contributed by atoms with Crippen molar-refractivity contribution in [1.82, 2.24) is 15.5 Å². The van der Waals surface area contributed by atoms with Crippen molar-refractivity contribution in [3.63, 3.8) is 0 Å². The Bertz CT molecular complexity index is 401. The molecule has 0 aromatic carbocycles. The fraction of sp³-hybridized carbons (Fsp3) is 0.692. The zero-order valence-electron chi connectivity index (χ0n) is 11.2. The van der Waals surface area contributed by atoms with E-state index in [0.29, 0.717) is 0 Å². The molecule has 0 bridgehead atoms. The summed E-state index contributed by atoms with van der Waals surface area (Å²) in [5, 5.41) is 13.1. The maximum atomic E-state index is 12.5. The van der Waals surface area contributed by atoms with Crippen LogP contribution in [0, 0.1) is 12.3 Å². The Kier molecular flexibility index (Phi) is 4.01. The first-order valence-electron chi connectivity index (χ1n) is 6.70. The number of aromatic nitrogens is 2. The van der Waals surface area contributed by atoms with Crippen LogP contribution in [0.1, 0.15) is 38.2 Å². The van der Waals surface area contributed by atoms with Crippen LogP contribution in [0.5, 0.6) is 0 Å².